The Hall–Kier alpha value is -4.32. The topological polar surface area (TPSA) is 203 Å². The summed E-state index contributed by atoms with van der Waals surface area (Å²) in [4.78, 5) is 33.4. The summed E-state index contributed by atoms with van der Waals surface area (Å²) in [5, 5.41) is 83.1. The number of ketones is 1. The predicted molar refractivity (Wildman–Crippen MR) is 212 cm³/mol. The van der Waals surface area contributed by atoms with E-state index in [1.807, 2.05) is 41.5 Å². The maximum Gasteiger partial charge on any atom is 1.00 e. The standard InChI is InChI=1S/C43H54N2O9.Na/c1-12-20(7)35(24(11)46)44-16-27-33-25(29(18(3)4)41(51)37(27)47)14-22(9)31(39(33)49)32-23(10)15-26-30(19(5)6)42(52)38(48)28(34(26)40(32)50)17-45-36(43(53)54)21(8)13-2;/h14-21,35-36,47-52H,12-13H2,1-11H3,(H,53,54);/q;+1/p-1. The van der Waals surface area contributed by atoms with Crippen LogP contribution in [0.3, 0.4) is 0 Å². The summed E-state index contributed by atoms with van der Waals surface area (Å²) < 4.78 is 0. The number of rotatable bonds is 13. The van der Waals surface area contributed by atoms with Crippen molar-refractivity contribution in [2.45, 2.75) is 113 Å². The first-order chi connectivity index (χ1) is 25.2. The number of nitrogens with zero attached hydrogens (tertiary/aromatic N) is 2. The third-order valence-corrected chi connectivity index (χ3v) is 10.7. The van der Waals surface area contributed by atoms with Gasteiger partial charge in [0, 0.05) is 56.6 Å². The van der Waals surface area contributed by atoms with Gasteiger partial charge >= 0.3 is 29.6 Å². The quantitative estimate of drug-likeness (QED) is 0.0630. The number of hydrogen-bond acceptors (Lipinski definition) is 11. The number of aliphatic imine (C=N–C) groups is 2. The van der Waals surface area contributed by atoms with E-state index in [9.17, 15) is 45.3 Å². The minimum atomic E-state index is -1.42. The van der Waals surface area contributed by atoms with Crippen molar-refractivity contribution >= 4 is 45.7 Å². The minimum Gasteiger partial charge on any atom is -0.548 e. The molecule has 6 N–H and O–H groups in total. The fraction of sp³-hybridized carbons (Fsp3) is 0.442. The molecule has 0 fully saturated rings. The minimum absolute atomic E-state index is 0. The predicted octanol–water partition coefficient (Wildman–Crippen LogP) is 4.77. The molecular formula is C43H53N2NaO9. The summed E-state index contributed by atoms with van der Waals surface area (Å²) in [6.45, 7) is 19.5. The Balaban J connectivity index is 0.00000812. The number of carbonyl (C=O) groups is 2. The second kappa shape index (κ2) is 17.6. The second-order valence-corrected chi connectivity index (χ2v) is 15.2. The van der Waals surface area contributed by atoms with Gasteiger partial charge in [0.15, 0.2) is 28.8 Å². The van der Waals surface area contributed by atoms with Gasteiger partial charge in [-0.3, -0.25) is 14.8 Å². The second-order valence-electron chi connectivity index (χ2n) is 15.2. The van der Waals surface area contributed by atoms with Gasteiger partial charge in [-0.25, -0.2) is 0 Å². The Labute approximate surface area is 344 Å². The molecule has 290 valence electrons. The van der Waals surface area contributed by atoms with Crippen LogP contribution in [0.15, 0.2) is 22.1 Å². The molecular weight excluding hydrogens is 711 g/mol. The van der Waals surface area contributed by atoms with Gasteiger partial charge < -0.3 is 40.5 Å². The van der Waals surface area contributed by atoms with Gasteiger partial charge in [-0.15, -0.1) is 0 Å². The molecule has 4 aromatic rings. The SMILES string of the molecule is CCC(C)C(N=Cc1c(O)c(O)c(C(C)C)c2cc(C)c(-c3c(C)cc4c(C(C)C)c(O)c(O)c(C=NC(C(=O)[O-])C(C)CC)c4c3O)c(O)c12)C(C)=O.[Na+]. The smallest absolute Gasteiger partial charge is 0.548 e. The molecule has 55 heavy (non-hydrogen) atoms. The summed E-state index contributed by atoms with van der Waals surface area (Å²) in [5.74, 6) is -5.49. The fourth-order valence-electron chi connectivity index (χ4n) is 7.47. The molecule has 0 amide bonds. The van der Waals surface area contributed by atoms with Gasteiger partial charge in [0.2, 0.25) is 0 Å². The Kier molecular flexibility index (Phi) is 14.5. The Morgan fingerprint density at radius 1 is 0.636 bits per heavy atom. The molecule has 0 aliphatic heterocycles. The number of aromatic hydroxyl groups is 6. The van der Waals surface area contributed by atoms with Crippen LogP contribution in [-0.2, 0) is 9.59 Å². The molecule has 4 atom stereocenters. The first kappa shape index (κ1) is 45.1. The van der Waals surface area contributed by atoms with Crippen LogP contribution in [0.5, 0.6) is 34.5 Å². The van der Waals surface area contributed by atoms with Gasteiger partial charge in [0.1, 0.15) is 17.5 Å². The van der Waals surface area contributed by atoms with E-state index in [1.165, 1.54) is 13.1 Å². The van der Waals surface area contributed by atoms with Crippen molar-refractivity contribution in [3.05, 3.63) is 45.5 Å². The molecule has 4 aromatic carbocycles. The van der Waals surface area contributed by atoms with Gasteiger partial charge in [-0.05, 0) is 66.3 Å². The molecule has 4 rings (SSSR count). The van der Waals surface area contributed by atoms with E-state index in [1.54, 1.807) is 39.8 Å². The fourth-order valence-corrected chi connectivity index (χ4v) is 7.47. The van der Waals surface area contributed by atoms with E-state index in [-0.39, 0.29) is 103 Å². The van der Waals surface area contributed by atoms with E-state index in [2.05, 4.69) is 9.98 Å². The molecule has 0 aliphatic rings. The number of carbonyl (C=O) groups excluding carboxylic acids is 2. The van der Waals surface area contributed by atoms with Gasteiger partial charge in [0.25, 0.3) is 0 Å². The summed E-state index contributed by atoms with van der Waals surface area (Å²) in [7, 11) is 0. The Morgan fingerprint density at radius 2 is 0.982 bits per heavy atom. The number of hydrogen-bond donors (Lipinski definition) is 6. The zero-order valence-electron chi connectivity index (χ0n) is 34.0. The number of fused-ring (bicyclic) bond motifs is 2. The average molecular weight is 765 g/mol. The molecule has 0 aromatic heterocycles. The summed E-state index contributed by atoms with van der Waals surface area (Å²) in [6.07, 6.45) is 3.54. The van der Waals surface area contributed by atoms with Gasteiger partial charge in [-0.2, -0.15) is 0 Å². The van der Waals surface area contributed by atoms with Crippen molar-refractivity contribution in [3.63, 3.8) is 0 Å². The van der Waals surface area contributed by atoms with Crippen molar-refractivity contribution in [3.8, 4) is 45.6 Å². The van der Waals surface area contributed by atoms with E-state index < -0.39 is 41.2 Å². The van der Waals surface area contributed by atoms with Gasteiger partial charge in [0.05, 0.1) is 12.0 Å². The summed E-state index contributed by atoms with van der Waals surface area (Å²) in [6, 6.07) is 1.43. The first-order valence-corrected chi connectivity index (χ1v) is 18.5. The molecule has 4 unspecified atom stereocenters. The Bertz CT molecular complexity index is 2050. The van der Waals surface area contributed by atoms with Gasteiger partial charge in [-0.1, -0.05) is 80.4 Å². The Morgan fingerprint density at radius 3 is 1.29 bits per heavy atom. The maximum atomic E-state index is 12.6. The molecule has 11 nitrogen and oxygen atoms in total. The summed E-state index contributed by atoms with van der Waals surface area (Å²) in [5.41, 5.74) is 1.87. The van der Waals surface area contributed by atoms with Crippen LogP contribution < -0.4 is 34.7 Å². The van der Waals surface area contributed by atoms with Crippen LogP contribution >= 0.6 is 0 Å². The van der Waals surface area contributed by atoms with Crippen molar-refractivity contribution in [2.75, 3.05) is 0 Å². The maximum absolute atomic E-state index is 12.6. The van der Waals surface area contributed by atoms with E-state index in [0.29, 0.717) is 45.9 Å². The number of benzene rings is 4. The summed E-state index contributed by atoms with van der Waals surface area (Å²) >= 11 is 0. The molecule has 0 radical (unpaired) electrons. The number of Topliss-reactive ketones (excluding diaryl/α,β-unsaturated/α-hetero) is 1. The first-order valence-electron chi connectivity index (χ1n) is 18.5. The number of carboxylic acids is 1. The van der Waals surface area contributed by atoms with Crippen LogP contribution in [0.25, 0.3) is 32.7 Å². The normalized spacial score (nSPS) is 14.3. The van der Waals surface area contributed by atoms with Crippen molar-refractivity contribution in [2.24, 2.45) is 21.8 Å². The molecule has 0 saturated heterocycles. The van der Waals surface area contributed by atoms with Crippen LogP contribution in [-0.4, -0.2) is 66.9 Å². The zero-order valence-corrected chi connectivity index (χ0v) is 36.0. The zero-order chi connectivity index (χ0) is 40.7. The average Bonchev–Trinajstić information content (AvgIpc) is 3.08. The molecule has 12 heteroatoms. The van der Waals surface area contributed by atoms with Crippen LogP contribution in [0.1, 0.15) is 120 Å². The van der Waals surface area contributed by atoms with Crippen molar-refractivity contribution in [1.82, 2.24) is 0 Å². The van der Waals surface area contributed by atoms with Crippen LogP contribution in [0.4, 0.5) is 0 Å². The molecule has 0 spiro atoms. The number of phenolic OH excluding ortho intramolecular Hbond substituents is 6. The molecule has 0 aliphatic carbocycles. The molecule has 0 bridgehead atoms. The van der Waals surface area contributed by atoms with Crippen LogP contribution in [0, 0.1) is 25.7 Å². The molecule has 0 heterocycles. The van der Waals surface area contributed by atoms with E-state index in [0.717, 1.165) is 6.21 Å². The van der Waals surface area contributed by atoms with Crippen LogP contribution in [0.2, 0.25) is 0 Å². The number of phenols is 6. The molecule has 0 saturated carbocycles. The third-order valence-electron chi connectivity index (χ3n) is 10.7. The van der Waals surface area contributed by atoms with Crippen molar-refractivity contribution < 1.29 is 74.9 Å². The third kappa shape index (κ3) is 8.16. The van der Waals surface area contributed by atoms with E-state index in [4.69, 9.17) is 0 Å². The largest absolute Gasteiger partial charge is 1.00 e. The number of aryl methyl sites for hydroxylation is 2. The van der Waals surface area contributed by atoms with Crippen molar-refractivity contribution in [1.29, 1.82) is 0 Å². The van der Waals surface area contributed by atoms with E-state index >= 15 is 0 Å². The number of carboxylic acid groups (broad SMARTS) is 1. The monoisotopic (exact) mass is 764 g/mol. The number of aliphatic carboxylic acids is 1.